The van der Waals surface area contributed by atoms with Crippen molar-refractivity contribution >= 4 is 34.1 Å². The molecule has 2 fully saturated rings. The predicted molar refractivity (Wildman–Crippen MR) is 138 cm³/mol. The van der Waals surface area contributed by atoms with E-state index in [1.165, 1.54) is 25.1 Å². The van der Waals surface area contributed by atoms with Crippen LogP contribution in [0, 0.1) is 5.82 Å². The molecule has 0 aliphatic carbocycles. The number of nitrogens with zero attached hydrogens (tertiary/aromatic N) is 3. The van der Waals surface area contributed by atoms with Gasteiger partial charge in [-0.25, -0.2) is 4.39 Å². The largest absolute Gasteiger partial charge is 0.451 e. The highest BCUT2D eigenvalue weighted by Crippen LogP contribution is 2.47. The predicted octanol–water partition coefficient (Wildman–Crippen LogP) is 3.12. The van der Waals surface area contributed by atoms with Gasteiger partial charge in [-0.2, -0.15) is 0 Å². The molecule has 0 saturated carbocycles. The number of halogens is 2. The number of carbonyl (C=O) groups is 1. The van der Waals surface area contributed by atoms with Gasteiger partial charge < -0.3 is 29.7 Å². The van der Waals surface area contributed by atoms with E-state index in [9.17, 15) is 9.59 Å². The molecule has 3 aromatic rings. The molecular formula is C26H27ClFN5O3. The molecule has 1 aromatic heterocycles. The second-order valence-corrected chi connectivity index (χ2v) is 9.87. The highest BCUT2D eigenvalue weighted by Gasteiger charge is 2.31. The number of hydrogen-bond acceptors (Lipinski definition) is 6. The molecule has 2 saturated heterocycles. The molecule has 4 heterocycles. The number of piperazine rings is 1. The van der Waals surface area contributed by atoms with Crippen molar-refractivity contribution in [3.05, 3.63) is 57.1 Å². The Morgan fingerprint density at radius 2 is 1.92 bits per heavy atom. The van der Waals surface area contributed by atoms with Crippen LogP contribution in [0.5, 0.6) is 11.5 Å². The van der Waals surface area contributed by atoms with Gasteiger partial charge in [0.05, 0.1) is 11.1 Å². The smallest absolute Gasteiger partial charge is 0.256 e. The van der Waals surface area contributed by atoms with E-state index in [-0.39, 0.29) is 16.7 Å². The highest BCUT2D eigenvalue weighted by atomic mass is 35.5. The Hall–Kier alpha value is -3.14. The van der Waals surface area contributed by atoms with E-state index in [2.05, 4.69) is 15.5 Å². The lowest BCUT2D eigenvalue weighted by molar-refractivity contribution is 0.0948. The van der Waals surface area contributed by atoms with Crippen LogP contribution >= 0.6 is 11.6 Å². The molecule has 2 N–H and O–H groups in total. The fraction of sp³-hybridized carbons (Fsp3) is 0.385. The summed E-state index contributed by atoms with van der Waals surface area (Å²) < 4.78 is 23.6. The van der Waals surface area contributed by atoms with Crippen LogP contribution in [0.1, 0.15) is 23.2 Å². The first kappa shape index (κ1) is 23.3. The quantitative estimate of drug-likeness (QED) is 0.429. The molecule has 0 bridgehead atoms. The third kappa shape index (κ3) is 4.01. The monoisotopic (exact) mass is 511 g/mol. The number of pyridine rings is 1. The van der Waals surface area contributed by atoms with Gasteiger partial charge in [0.1, 0.15) is 16.8 Å². The van der Waals surface area contributed by atoms with E-state index >= 15 is 4.39 Å². The Morgan fingerprint density at radius 1 is 1.14 bits per heavy atom. The van der Waals surface area contributed by atoms with Crippen molar-refractivity contribution in [2.45, 2.75) is 12.8 Å². The fourth-order valence-corrected chi connectivity index (χ4v) is 5.52. The van der Waals surface area contributed by atoms with E-state index in [0.717, 1.165) is 19.6 Å². The number of aromatic nitrogens is 1. The SMILES string of the molecule is O=C(NCCN1CCCC1)c1cn2c3c(c(N4CCNCC4)c(F)cc3c1=O)Oc1cc(Cl)ccc1-2. The molecule has 6 rings (SSSR count). The van der Waals surface area contributed by atoms with Crippen LogP contribution in [-0.2, 0) is 0 Å². The summed E-state index contributed by atoms with van der Waals surface area (Å²) in [5.41, 5.74) is 0.824. The number of rotatable bonds is 5. The van der Waals surface area contributed by atoms with E-state index < -0.39 is 17.2 Å². The van der Waals surface area contributed by atoms with Crippen molar-refractivity contribution in [1.82, 2.24) is 20.1 Å². The summed E-state index contributed by atoms with van der Waals surface area (Å²) >= 11 is 6.24. The first-order chi connectivity index (χ1) is 17.5. The van der Waals surface area contributed by atoms with Gasteiger partial charge in [0.25, 0.3) is 5.91 Å². The lowest BCUT2D eigenvalue weighted by Gasteiger charge is -2.33. The molecule has 10 heteroatoms. The minimum absolute atomic E-state index is 0.0352. The molecule has 188 valence electrons. The first-order valence-corrected chi connectivity index (χ1v) is 12.7. The number of nitrogens with one attached hydrogen (secondary N) is 2. The zero-order valence-electron chi connectivity index (χ0n) is 19.8. The fourth-order valence-electron chi connectivity index (χ4n) is 5.36. The van der Waals surface area contributed by atoms with Crippen molar-refractivity contribution in [3.63, 3.8) is 0 Å². The maximum atomic E-state index is 15.6. The Bertz CT molecular complexity index is 1410. The van der Waals surface area contributed by atoms with Crippen molar-refractivity contribution < 1.29 is 13.9 Å². The van der Waals surface area contributed by atoms with Crippen LogP contribution < -0.4 is 25.7 Å². The maximum Gasteiger partial charge on any atom is 0.256 e. The standard InChI is InChI=1S/C26H27ClFN5O3/c27-16-3-4-20-21(13-16)36-25-22-17(14-19(28)23(25)32-11-5-29-6-12-32)24(34)18(15-33(20)22)26(35)30-7-10-31-8-1-2-9-31/h3-4,13-15,29H,1-2,5-12H2,(H,30,35). The molecule has 8 nitrogen and oxygen atoms in total. The number of hydrogen-bond donors (Lipinski definition) is 2. The van der Waals surface area contributed by atoms with Gasteiger partial charge in [0, 0.05) is 56.6 Å². The van der Waals surface area contributed by atoms with Crippen LogP contribution in [0.3, 0.4) is 0 Å². The summed E-state index contributed by atoms with van der Waals surface area (Å²) in [6.45, 7) is 5.84. The summed E-state index contributed by atoms with van der Waals surface area (Å²) in [7, 11) is 0. The minimum atomic E-state index is -0.555. The summed E-state index contributed by atoms with van der Waals surface area (Å²) in [5, 5.41) is 6.71. The number of benzene rings is 2. The Morgan fingerprint density at radius 3 is 2.69 bits per heavy atom. The topological polar surface area (TPSA) is 78.8 Å². The Kier molecular flexibility index (Phi) is 6.07. The third-order valence-electron chi connectivity index (χ3n) is 7.15. The molecule has 1 amide bonds. The summed E-state index contributed by atoms with van der Waals surface area (Å²) in [4.78, 5) is 30.8. The molecule has 2 aromatic carbocycles. The number of carbonyl (C=O) groups excluding carboxylic acids is 1. The van der Waals surface area contributed by atoms with Gasteiger partial charge in [-0.05, 0) is 44.1 Å². The average Bonchev–Trinajstić information content (AvgIpc) is 3.39. The van der Waals surface area contributed by atoms with Crippen LogP contribution in [-0.4, -0.2) is 67.7 Å². The lowest BCUT2D eigenvalue weighted by atomic mass is 10.0. The summed E-state index contributed by atoms with van der Waals surface area (Å²) in [5.74, 6) is -0.331. The van der Waals surface area contributed by atoms with E-state index in [0.29, 0.717) is 60.4 Å². The number of fused-ring (bicyclic) bond motifs is 2. The molecule has 0 atom stereocenters. The van der Waals surface area contributed by atoms with Gasteiger partial charge in [-0.3, -0.25) is 9.59 Å². The second kappa shape index (κ2) is 9.38. The molecule has 0 radical (unpaired) electrons. The Labute approximate surface area is 212 Å². The first-order valence-electron chi connectivity index (χ1n) is 12.4. The summed E-state index contributed by atoms with van der Waals surface area (Å²) in [6, 6.07) is 6.38. The van der Waals surface area contributed by atoms with Crippen molar-refractivity contribution in [2.24, 2.45) is 0 Å². The van der Waals surface area contributed by atoms with Crippen LogP contribution in [0.15, 0.2) is 35.3 Å². The number of anilines is 1. The van der Waals surface area contributed by atoms with Gasteiger partial charge in [-0.15, -0.1) is 0 Å². The lowest BCUT2D eigenvalue weighted by Crippen LogP contribution is -2.44. The second-order valence-electron chi connectivity index (χ2n) is 9.43. The van der Waals surface area contributed by atoms with Gasteiger partial charge in [0.15, 0.2) is 17.3 Å². The third-order valence-corrected chi connectivity index (χ3v) is 7.39. The van der Waals surface area contributed by atoms with Crippen LogP contribution in [0.4, 0.5) is 10.1 Å². The zero-order chi connectivity index (χ0) is 24.8. The van der Waals surface area contributed by atoms with Gasteiger partial charge >= 0.3 is 0 Å². The van der Waals surface area contributed by atoms with E-state index in [1.807, 2.05) is 4.90 Å². The zero-order valence-corrected chi connectivity index (χ0v) is 20.5. The molecule has 0 spiro atoms. The molecular weight excluding hydrogens is 485 g/mol. The minimum Gasteiger partial charge on any atom is -0.451 e. The van der Waals surface area contributed by atoms with Crippen molar-refractivity contribution in [1.29, 1.82) is 0 Å². The number of likely N-dealkylation sites (tertiary alicyclic amines) is 1. The van der Waals surface area contributed by atoms with Crippen molar-refractivity contribution in [2.75, 3.05) is 57.3 Å². The van der Waals surface area contributed by atoms with Gasteiger partial charge in [-0.1, -0.05) is 11.6 Å². The number of amides is 1. The summed E-state index contributed by atoms with van der Waals surface area (Å²) in [6.07, 6.45) is 3.87. The van der Waals surface area contributed by atoms with Crippen LogP contribution in [0.2, 0.25) is 5.02 Å². The maximum absolute atomic E-state index is 15.6. The van der Waals surface area contributed by atoms with E-state index in [4.69, 9.17) is 16.3 Å². The highest BCUT2D eigenvalue weighted by molar-refractivity contribution is 6.30. The Balaban J connectivity index is 1.47. The molecule has 0 unspecified atom stereocenters. The van der Waals surface area contributed by atoms with E-state index in [1.54, 1.807) is 22.8 Å². The molecule has 36 heavy (non-hydrogen) atoms. The van der Waals surface area contributed by atoms with Crippen molar-refractivity contribution in [3.8, 4) is 17.2 Å². The molecule has 3 aliphatic heterocycles. The molecule has 3 aliphatic rings. The van der Waals surface area contributed by atoms with Gasteiger partial charge in [0.2, 0.25) is 5.43 Å². The van der Waals surface area contributed by atoms with Crippen LogP contribution in [0.25, 0.3) is 16.6 Å². The normalized spacial score (nSPS) is 17.2. The average molecular weight is 512 g/mol. The number of ether oxygens (including phenoxy) is 1.